The molecule has 1 N–H and O–H groups in total. The largest absolute Gasteiger partial charge is 0.497 e. The van der Waals surface area contributed by atoms with Crippen LogP contribution in [0.5, 0.6) is 11.5 Å². The fraction of sp³-hybridized carbons (Fsp3) is 0.364. The summed E-state index contributed by atoms with van der Waals surface area (Å²) in [5.41, 5.74) is 2.76. The average molecular weight is 385 g/mol. The zero-order valence-corrected chi connectivity index (χ0v) is 16.9. The molecule has 6 nitrogen and oxygen atoms in total. The number of nitrogens with one attached hydrogen (secondary N) is 1. The molecule has 0 aliphatic rings. The van der Waals surface area contributed by atoms with E-state index in [-0.39, 0.29) is 18.4 Å². The maximum atomic E-state index is 12.5. The summed E-state index contributed by atoms with van der Waals surface area (Å²) in [6, 6.07) is 12.7. The van der Waals surface area contributed by atoms with Gasteiger partial charge in [0.2, 0.25) is 0 Å². The number of carbonyl (C=O) groups is 2. The molecule has 2 aromatic carbocycles. The first kappa shape index (κ1) is 21.3. The van der Waals surface area contributed by atoms with Gasteiger partial charge in [-0.2, -0.15) is 0 Å². The SMILES string of the molecule is COc1ccc(OCC(=O)O[C@@H](C)C(=O)Nc2c(C)cccc2C(C)C)cc1. The number of anilines is 1. The molecule has 0 heterocycles. The van der Waals surface area contributed by atoms with Gasteiger partial charge in [-0.15, -0.1) is 0 Å². The predicted molar refractivity (Wildman–Crippen MR) is 108 cm³/mol. The molecule has 2 aromatic rings. The maximum Gasteiger partial charge on any atom is 0.344 e. The minimum Gasteiger partial charge on any atom is -0.497 e. The Kier molecular flexibility index (Phi) is 7.44. The van der Waals surface area contributed by atoms with Crippen molar-refractivity contribution in [2.45, 2.75) is 39.7 Å². The van der Waals surface area contributed by atoms with Crippen molar-refractivity contribution in [1.29, 1.82) is 0 Å². The van der Waals surface area contributed by atoms with Crippen molar-refractivity contribution < 1.29 is 23.8 Å². The van der Waals surface area contributed by atoms with Crippen LogP contribution < -0.4 is 14.8 Å². The van der Waals surface area contributed by atoms with Crippen LogP contribution in [0.3, 0.4) is 0 Å². The Morgan fingerprint density at radius 3 is 2.25 bits per heavy atom. The third-order valence-electron chi connectivity index (χ3n) is 4.27. The highest BCUT2D eigenvalue weighted by Crippen LogP contribution is 2.27. The van der Waals surface area contributed by atoms with Crippen molar-refractivity contribution in [3.63, 3.8) is 0 Å². The quantitative estimate of drug-likeness (QED) is 0.693. The van der Waals surface area contributed by atoms with E-state index < -0.39 is 12.1 Å². The smallest absolute Gasteiger partial charge is 0.344 e. The number of esters is 1. The van der Waals surface area contributed by atoms with Gasteiger partial charge in [0, 0.05) is 5.69 Å². The number of hydrogen-bond donors (Lipinski definition) is 1. The normalized spacial score (nSPS) is 11.6. The lowest BCUT2D eigenvalue weighted by atomic mass is 9.98. The zero-order valence-electron chi connectivity index (χ0n) is 16.9. The molecule has 150 valence electrons. The Morgan fingerprint density at radius 2 is 1.64 bits per heavy atom. The first-order valence-electron chi connectivity index (χ1n) is 9.18. The molecule has 0 saturated carbocycles. The highest BCUT2D eigenvalue weighted by molar-refractivity contribution is 5.96. The van der Waals surface area contributed by atoms with Crippen molar-refractivity contribution in [1.82, 2.24) is 0 Å². The van der Waals surface area contributed by atoms with E-state index >= 15 is 0 Å². The molecule has 0 aromatic heterocycles. The van der Waals surface area contributed by atoms with Crippen molar-refractivity contribution >= 4 is 17.6 Å². The molecule has 0 saturated heterocycles. The molecule has 1 amide bonds. The van der Waals surface area contributed by atoms with Gasteiger partial charge in [0.15, 0.2) is 12.7 Å². The van der Waals surface area contributed by atoms with Crippen molar-refractivity contribution in [3.8, 4) is 11.5 Å². The third kappa shape index (κ3) is 5.74. The van der Waals surface area contributed by atoms with Gasteiger partial charge in [-0.25, -0.2) is 4.79 Å². The topological polar surface area (TPSA) is 73.9 Å². The van der Waals surface area contributed by atoms with Crippen LogP contribution in [-0.2, 0) is 14.3 Å². The number of aryl methyl sites for hydroxylation is 1. The summed E-state index contributed by atoms with van der Waals surface area (Å²) in [4.78, 5) is 24.5. The molecule has 28 heavy (non-hydrogen) atoms. The summed E-state index contributed by atoms with van der Waals surface area (Å²) in [6.45, 7) is 7.30. The lowest BCUT2D eigenvalue weighted by Gasteiger charge is -2.19. The van der Waals surface area contributed by atoms with Crippen LogP contribution in [0.1, 0.15) is 37.8 Å². The number of hydrogen-bond acceptors (Lipinski definition) is 5. The summed E-state index contributed by atoms with van der Waals surface area (Å²) in [6.07, 6.45) is -0.938. The van der Waals surface area contributed by atoms with Gasteiger partial charge >= 0.3 is 5.97 Å². The summed E-state index contributed by atoms with van der Waals surface area (Å²) >= 11 is 0. The van der Waals surface area contributed by atoms with E-state index in [4.69, 9.17) is 14.2 Å². The van der Waals surface area contributed by atoms with Crippen LogP contribution in [0.25, 0.3) is 0 Å². The Morgan fingerprint density at radius 1 is 1.00 bits per heavy atom. The van der Waals surface area contributed by atoms with Gasteiger partial charge < -0.3 is 19.5 Å². The first-order valence-corrected chi connectivity index (χ1v) is 9.18. The maximum absolute atomic E-state index is 12.5. The summed E-state index contributed by atoms with van der Waals surface area (Å²) < 4.78 is 15.6. The van der Waals surface area contributed by atoms with E-state index in [1.54, 1.807) is 31.4 Å². The molecule has 1 atom stereocenters. The van der Waals surface area contributed by atoms with E-state index in [9.17, 15) is 9.59 Å². The second-order valence-electron chi connectivity index (χ2n) is 6.78. The number of methoxy groups -OCH3 is 1. The monoisotopic (exact) mass is 385 g/mol. The predicted octanol–water partition coefficient (Wildman–Crippen LogP) is 4.08. The third-order valence-corrected chi connectivity index (χ3v) is 4.27. The lowest BCUT2D eigenvalue weighted by molar-refractivity contribution is -0.155. The Bertz CT molecular complexity index is 814. The van der Waals surface area contributed by atoms with Crippen LogP contribution in [0.4, 0.5) is 5.69 Å². The summed E-state index contributed by atoms with van der Waals surface area (Å²) in [7, 11) is 1.57. The van der Waals surface area contributed by atoms with E-state index in [1.807, 2.05) is 25.1 Å². The highest BCUT2D eigenvalue weighted by Gasteiger charge is 2.20. The molecule has 6 heteroatoms. The zero-order chi connectivity index (χ0) is 20.7. The van der Waals surface area contributed by atoms with Crippen LogP contribution in [0.15, 0.2) is 42.5 Å². The van der Waals surface area contributed by atoms with Gasteiger partial charge in [-0.05, 0) is 55.2 Å². The van der Waals surface area contributed by atoms with Crippen molar-refractivity contribution in [3.05, 3.63) is 53.6 Å². The fourth-order valence-electron chi connectivity index (χ4n) is 2.67. The highest BCUT2D eigenvalue weighted by atomic mass is 16.6. The molecular formula is C22H27NO5. The standard InChI is InChI=1S/C22H27NO5/c1-14(2)19-8-6-7-15(3)21(19)23-22(25)16(4)28-20(24)13-27-18-11-9-17(26-5)10-12-18/h6-12,14,16H,13H2,1-5H3,(H,23,25)/t16-/m0/s1. The van der Waals surface area contributed by atoms with E-state index in [2.05, 4.69) is 19.2 Å². The molecular weight excluding hydrogens is 358 g/mol. The molecule has 0 fully saturated rings. The van der Waals surface area contributed by atoms with Gasteiger partial charge in [0.05, 0.1) is 7.11 Å². The fourth-order valence-corrected chi connectivity index (χ4v) is 2.67. The molecule has 0 aliphatic carbocycles. The second kappa shape index (κ2) is 9.78. The van der Waals surface area contributed by atoms with Crippen molar-refractivity contribution in [2.75, 3.05) is 19.0 Å². The number of para-hydroxylation sites is 1. The minimum atomic E-state index is -0.938. The first-order chi connectivity index (χ1) is 13.3. The summed E-state index contributed by atoms with van der Waals surface area (Å²) in [5, 5.41) is 2.88. The number of benzene rings is 2. The average Bonchev–Trinajstić information content (AvgIpc) is 2.67. The molecule has 0 spiro atoms. The van der Waals surface area contributed by atoms with Gasteiger partial charge in [0.1, 0.15) is 11.5 Å². The Balaban J connectivity index is 1.90. The molecule has 0 unspecified atom stereocenters. The van der Waals surface area contributed by atoms with E-state index in [1.165, 1.54) is 6.92 Å². The van der Waals surface area contributed by atoms with Gasteiger partial charge in [0.25, 0.3) is 5.91 Å². The second-order valence-corrected chi connectivity index (χ2v) is 6.78. The van der Waals surface area contributed by atoms with Crippen LogP contribution in [0, 0.1) is 6.92 Å². The summed E-state index contributed by atoms with van der Waals surface area (Å²) in [5.74, 6) is 0.459. The molecule has 0 bridgehead atoms. The van der Waals surface area contributed by atoms with Crippen LogP contribution in [-0.4, -0.2) is 31.7 Å². The van der Waals surface area contributed by atoms with E-state index in [0.29, 0.717) is 11.5 Å². The molecule has 2 rings (SSSR count). The number of carbonyl (C=O) groups excluding carboxylic acids is 2. The number of rotatable bonds is 8. The minimum absolute atomic E-state index is 0.256. The van der Waals surface area contributed by atoms with Crippen molar-refractivity contribution in [2.24, 2.45) is 0 Å². The Hall–Kier alpha value is -3.02. The molecule has 0 aliphatic heterocycles. The van der Waals surface area contributed by atoms with Gasteiger partial charge in [-0.1, -0.05) is 32.0 Å². The lowest BCUT2D eigenvalue weighted by Crippen LogP contribution is -2.32. The number of ether oxygens (including phenoxy) is 3. The molecule has 0 radical (unpaired) electrons. The Labute approximate surface area is 165 Å². The van der Waals surface area contributed by atoms with Gasteiger partial charge in [-0.3, -0.25) is 4.79 Å². The van der Waals surface area contributed by atoms with Crippen LogP contribution >= 0.6 is 0 Å². The van der Waals surface area contributed by atoms with E-state index in [0.717, 1.165) is 16.8 Å². The van der Waals surface area contributed by atoms with Crippen LogP contribution in [0.2, 0.25) is 0 Å². The number of amides is 1.